The number of carbonyl (C=O) groups is 2. The first-order valence-corrected chi connectivity index (χ1v) is 6.49. The molecule has 2 amide bonds. The quantitative estimate of drug-likeness (QED) is 0.795. The smallest absolute Gasteiger partial charge is 0.319 e. The molecular weight excluding hydrogens is 284 g/mol. The molecule has 3 N–H and O–H groups in total. The molecule has 2 atom stereocenters. The van der Waals surface area contributed by atoms with E-state index in [0.29, 0.717) is 10.7 Å². The van der Waals surface area contributed by atoms with Crippen LogP contribution in [0.4, 0.5) is 10.5 Å². The second kappa shape index (κ2) is 6.11. The second-order valence-corrected chi connectivity index (χ2v) is 5.08. The summed E-state index contributed by atoms with van der Waals surface area (Å²) < 4.78 is 5.07. The van der Waals surface area contributed by atoms with Crippen molar-refractivity contribution in [1.82, 2.24) is 5.32 Å². The highest BCUT2D eigenvalue weighted by molar-refractivity contribution is 6.33. The van der Waals surface area contributed by atoms with Gasteiger partial charge in [-0.25, -0.2) is 4.79 Å². The fourth-order valence-corrected chi connectivity index (χ4v) is 2.27. The van der Waals surface area contributed by atoms with Crippen LogP contribution in [-0.4, -0.2) is 36.4 Å². The van der Waals surface area contributed by atoms with E-state index in [4.69, 9.17) is 21.4 Å². The van der Waals surface area contributed by atoms with Crippen molar-refractivity contribution in [3.8, 4) is 0 Å². The molecule has 2 rings (SSSR count). The van der Waals surface area contributed by atoms with E-state index in [1.165, 1.54) is 0 Å². The number of nitrogens with one attached hydrogen (secondary N) is 2. The van der Waals surface area contributed by atoms with Crippen LogP contribution in [-0.2, 0) is 9.53 Å². The molecule has 2 unspecified atom stereocenters. The van der Waals surface area contributed by atoms with Gasteiger partial charge < -0.3 is 20.5 Å². The molecule has 1 aromatic rings. The molecule has 1 aliphatic heterocycles. The Morgan fingerprint density at radius 1 is 1.40 bits per heavy atom. The molecule has 1 heterocycles. The van der Waals surface area contributed by atoms with E-state index < -0.39 is 24.0 Å². The Bertz CT molecular complexity index is 535. The molecular formula is C13H15ClN2O4. The third-order valence-corrected chi connectivity index (χ3v) is 3.40. The molecule has 0 saturated carbocycles. The third kappa shape index (κ3) is 3.40. The highest BCUT2D eigenvalue weighted by atomic mass is 35.5. The number of halogens is 1. The largest absolute Gasteiger partial charge is 0.481 e. The highest BCUT2D eigenvalue weighted by Gasteiger charge is 2.35. The van der Waals surface area contributed by atoms with Gasteiger partial charge >= 0.3 is 12.0 Å². The topological polar surface area (TPSA) is 87.7 Å². The number of urea groups is 1. The van der Waals surface area contributed by atoms with Gasteiger partial charge in [0.15, 0.2) is 0 Å². The van der Waals surface area contributed by atoms with Gasteiger partial charge in [-0.1, -0.05) is 17.7 Å². The standard InChI is InChI=1S/C13H15ClN2O4/c1-7-2-3-10(9(14)4-7)15-13(19)16-11-6-20-5-8(11)12(17)18/h2-4,8,11H,5-6H2,1H3,(H,17,18)(H2,15,16,19). The Labute approximate surface area is 121 Å². The maximum absolute atomic E-state index is 11.8. The van der Waals surface area contributed by atoms with Crippen LogP contribution in [0.15, 0.2) is 18.2 Å². The molecule has 1 saturated heterocycles. The van der Waals surface area contributed by atoms with Gasteiger partial charge in [0.05, 0.1) is 30.0 Å². The number of carboxylic acid groups (broad SMARTS) is 1. The van der Waals surface area contributed by atoms with Crippen LogP contribution in [0.25, 0.3) is 0 Å². The molecule has 0 aliphatic carbocycles. The fraction of sp³-hybridized carbons (Fsp3) is 0.385. The molecule has 108 valence electrons. The summed E-state index contributed by atoms with van der Waals surface area (Å²) in [6.07, 6.45) is 0. The van der Waals surface area contributed by atoms with Crippen molar-refractivity contribution in [2.45, 2.75) is 13.0 Å². The van der Waals surface area contributed by atoms with Crippen LogP contribution in [0.5, 0.6) is 0 Å². The van der Waals surface area contributed by atoms with Crippen molar-refractivity contribution in [2.24, 2.45) is 5.92 Å². The zero-order chi connectivity index (χ0) is 14.7. The molecule has 0 aromatic heterocycles. The maximum Gasteiger partial charge on any atom is 0.319 e. The monoisotopic (exact) mass is 298 g/mol. The summed E-state index contributed by atoms with van der Waals surface area (Å²) >= 11 is 6.01. The summed E-state index contributed by atoms with van der Waals surface area (Å²) in [7, 11) is 0. The Morgan fingerprint density at radius 3 is 2.80 bits per heavy atom. The van der Waals surface area contributed by atoms with Gasteiger partial charge in [0, 0.05) is 0 Å². The predicted octanol–water partition coefficient (Wildman–Crippen LogP) is 1.87. The van der Waals surface area contributed by atoms with Gasteiger partial charge in [0.25, 0.3) is 0 Å². The normalized spacial score (nSPS) is 21.5. The minimum atomic E-state index is -0.985. The first kappa shape index (κ1) is 14.6. The van der Waals surface area contributed by atoms with Gasteiger partial charge in [-0.2, -0.15) is 0 Å². The second-order valence-electron chi connectivity index (χ2n) is 4.67. The zero-order valence-corrected chi connectivity index (χ0v) is 11.6. The summed E-state index contributed by atoms with van der Waals surface area (Å²) in [5.41, 5.74) is 1.46. The Hall–Kier alpha value is -1.79. The van der Waals surface area contributed by atoms with Crippen LogP contribution in [0.2, 0.25) is 5.02 Å². The molecule has 0 bridgehead atoms. The minimum absolute atomic E-state index is 0.103. The number of aliphatic carboxylic acids is 1. The highest BCUT2D eigenvalue weighted by Crippen LogP contribution is 2.22. The first-order valence-electron chi connectivity index (χ1n) is 6.11. The number of hydrogen-bond acceptors (Lipinski definition) is 3. The van der Waals surface area contributed by atoms with Crippen molar-refractivity contribution in [2.75, 3.05) is 18.5 Å². The molecule has 1 fully saturated rings. The summed E-state index contributed by atoms with van der Waals surface area (Å²) in [5, 5.41) is 14.6. The van der Waals surface area contributed by atoms with E-state index in [-0.39, 0.29) is 13.2 Å². The number of carbonyl (C=O) groups excluding carboxylic acids is 1. The molecule has 1 aliphatic rings. The van der Waals surface area contributed by atoms with Gasteiger partial charge in [0.2, 0.25) is 0 Å². The number of carboxylic acids is 1. The lowest BCUT2D eigenvalue weighted by Gasteiger charge is -2.16. The van der Waals surface area contributed by atoms with Crippen LogP contribution < -0.4 is 10.6 Å². The van der Waals surface area contributed by atoms with E-state index >= 15 is 0 Å². The van der Waals surface area contributed by atoms with Crippen LogP contribution >= 0.6 is 11.6 Å². The Balaban J connectivity index is 1.97. The van der Waals surface area contributed by atoms with Crippen molar-refractivity contribution in [1.29, 1.82) is 0 Å². The lowest BCUT2D eigenvalue weighted by atomic mass is 10.0. The number of ether oxygens (including phenoxy) is 1. The fourth-order valence-electron chi connectivity index (χ4n) is 1.99. The van der Waals surface area contributed by atoms with Crippen LogP contribution in [0.1, 0.15) is 5.56 Å². The molecule has 7 heteroatoms. The van der Waals surface area contributed by atoms with E-state index in [1.54, 1.807) is 12.1 Å². The SMILES string of the molecule is Cc1ccc(NC(=O)NC2COCC2C(=O)O)c(Cl)c1. The van der Waals surface area contributed by atoms with Crippen molar-refractivity contribution < 1.29 is 19.4 Å². The van der Waals surface area contributed by atoms with E-state index in [1.807, 2.05) is 13.0 Å². The van der Waals surface area contributed by atoms with Crippen molar-refractivity contribution in [3.63, 3.8) is 0 Å². The third-order valence-electron chi connectivity index (χ3n) is 3.09. The summed E-state index contributed by atoms with van der Waals surface area (Å²) in [5.74, 6) is -1.71. The van der Waals surface area contributed by atoms with E-state index in [2.05, 4.69) is 10.6 Å². The Kier molecular flexibility index (Phi) is 4.46. The molecule has 1 aromatic carbocycles. The van der Waals surface area contributed by atoms with Crippen LogP contribution in [0, 0.1) is 12.8 Å². The lowest BCUT2D eigenvalue weighted by Crippen LogP contribution is -2.44. The molecule has 6 nitrogen and oxygen atoms in total. The number of amides is 2. The van der Waals surface area contributed by atoms with Crippen molar-refractivity contribution >= 4 is 29.3 Å². The number of rotatable bonds is 3. The number of benzene rings is 1. The molecule has 20 heavy (non-hydrogen) atoms. The number of hydrogen-bond donors (Lipinski definition) is 3. The summed E-state index contributed by atoms with van der Waals surface area (Å²) in [6.45, 7) is 2.18. The van der Waals surface area contributed by atoms with Gasteiger partial charge in [-0.15, -0.1) is 0 Å². The van der Waals surface area contributed by atoms with E-state index in [0.717, 1.165) is 5.56 Å². The number of anilines is 1. The maximum atomic E-state index is 11.8. The van der Waals surface area contributed by atoms with E-state index in [9.17, 15) is 9.59 Å². The average Bonchev–Trinajstić information content (AvgIpc) is 2.81. The molecule has 0 radical (unpaired) electrons. The predicted molar refractivity (Wildman–Crippen MR) is 74.1 cm³/mol. The molecule has 0 spiro atoms. The zero-order valence-electron chi connectivity index (χ0n) is 10.9. The Morgan fingerprint density at radius 2 is 2.15 bits per heavy atom. The number of aryl methyl sites for hydroxylation is 1. The van der Waals surface area contributed by atoms with Crippen LogP contribution in [0.3, 0.4) is 0 Å². The first-order chi connectivity index (χ1) is 9.47. The summed E-state index contributed by atoms with van der Waals surface area (Å²) in [6, 6.07) is 4.20. The lowest BCUT2D eigenvalue weighted by molar-refractivity contribution is -0.142. The van der Waals surface area contributed by atoms with Gasteiger partial charge in [-0.3, -0.25) is 4.79 Å². The minimum Gasteiger partial charge on any atom is -0.481 e. The van der Waals surface area contributed by atoms with Gasteiger partial charge in [-0.05, 0) is 24.6 Å². The average molecular weight is 299 g/mol. The van der Waals surface area contributed by atoms with Crippen molar-refractivity contribution in [3.05, 3.63) is 28.8 Å². The van der Waals surface area contributed by atoms with Gasteiger partial charge in [0.1, 0.15) is 5.92 Å². The summed E-state index contributed by atoms with van der Waals surface area (Å²) in [4.78, 5) is 22.8.